The van der Waals surface area contributed by atoms with Crippen LogP contribution < -0.4 is 20.7 Å². The Kier molecular flexibility index (Phi) is 9.60. The molecule has 0 aliphatic carbocycles. The van der Waals surface area contributed by atoms with Crippen LogP contribution in [0.15, 0.2) is 24.3 Å². The van der Waals surface area contributed by atoms with Crippen molar-refractivity contribution < 1.29 is 14.3 Å². The lowest BCUT2D eigenvalue weighted by molar-refractivity contribution is -0.125. The summed E-state index contributed by atoms with van der Waals surface area (Å²) in [6.07, 6.45) is 1.04. The Morgan fingerprint density at radius 3 is 2.48 bits per heavy atom. The Bertz CT molecular complexity index is 607. The summed E-state index contributed by atoms with van der Waals surface area (Å²) in [6.45, 7) is 10.3. The van der Waals surface area contributed by atoms with Gasteiger partial charge in [0.1, 0.15) is 11.8 Å². The Morgan fingerprint density at radius 1 is 1.26 bits per heavy atom. The highest BCUT2D eigenvalue weighted by Gasteiger charge is 2.29. The Hall–Kier alpha value is -1.79. The molecule has 0 aromatic heterocycles. The van der Waals surface area contributed by atoms with Crippen LogP contribution >= 0.6 is 12.4 Å². The molecule has 3 unspecified atom stereocenters. The lowest BCUT2D eigenvalue weighted by atomic mass is 9.93. The molecule has 0 radical (unpaired) electrons. The molecule has 6 nitrogen and oxygen atoms in total. The van der Waals surface area contributed by atoms with Gasteiger partial charge in [-0.15, -0.1) is 12.4 Å². The van der Waals surface area contributed by atoms with E-state index in [0.717, 1.165) is 25.3 Å². The van der Waals surface area contributed by atoms with Crippen molar-refractivity contribution in [2.24, 2.45) is 11.8 Å². The summed E-state index contributed by atoms with van der Waals surface area (Å²) in [6, 6.07) is 6.48. The molecule has 2 amide bonds. The number of amides is 2. The average Bonchev–Trinajstić information content (AvgIpc) is 2.62. The van der Waals surface area contributed by atoms with E-state index in [9.17, 15) is 9.59 Å². The van der Waals surface area contributed by atoms with Crippen LogP contribution in [0.2, 0.25) is 0 Å². The number of nitrogens with one attached hydrogen (secondary N) is 3. The van der Waals surface area contributed by atoms with Crippen molar-refractivity contribution in [1.29, 1.82) is 0 Å². The van der Waals surface area contributed by atoms with Crippen molar-refractivity contribution in [3.63, 3.8) is 0 Å². The SMILES string of the molecule is CCOc1ccc(C(=O)NC(C(=O)NC2CNCCC2C)C(C)C)cc1.Cl. The quantitative estimate of drug-likeness (QED) is 0.660. The van der Waals surface area contributed by atoms with Gasteiger partial charge in [-0.1, -0.05) is 20.8 Å². The largest absolute Gasteiger partial charge is 0.494 e. The molecule has 3 atom stereocenters. The van der Waals surface area contributed by atoms with Crippen LogP contribution in [0, 0.1) is 11.8 Å². The first-order chi connectivity index (χ1) is 12.4. The Labute approximate surface area is 168 Å². The smallest absolute Gasteiger partial charge is 0.251 e. The van der Waals surface area contributed by atoms with E-state index in [1.807, 2.05) is 20.8 Å². The zero-order valence-corrected chi connectivity index (χ0v) is 17.4. The first-order valence-corrected chi connectivity index (χ1v) is 9.47. The third kappa shape index (κ3) is 6.70. The van der Waals surface area contributed by atoms with Crippen molar-refractivity contribution in [3.05, 3.63) is 29.8 Å². The van der Waals surface area contributed by atoms with Crippen molar-refractivity contribution in [1.82, 2.24) is 16.0 Å². The predicted octanol–water partition coefficient (Wildman–Crippen LogP) is 2.38. The summed E-state index contributed by atoms with van der Waals surface area (Å²) in [5, 5.41) is 9.28. The minimum atomic E-state index is -0.566. The number of halogens is 1. The van der Waals surface area contributed by atoms with Gasteiger partial charge >= 0.3 is 0 Å². The molecule has 152 valence electrons. The third-order valence-corrected chi connectivity index (χ3v) is 4.82. The molecule has 0 spiro atoms. The summed E-state index contributed by atoms with van der Waals surface area (Å²) in [4.78, 5) is 25.3. The lowest BCUT2D eigenvalue weighted by Crippen LogP contribution is -2.56. The number of rotatable bonds is 7. The van der Waals surface area contributed by atoms with Crippen LogP contribution in [0.3, 0.4) is 0 Å². The van der Waals surface area contributed by atoms with E-state index in [-0.39, 0.29) is 36.2 Å². The molecule has 1 aliphatic heterocycles. The topological polar surface area (TPSA) is 79.5 Å². The maximum absolute atomic E-state index is 12.7. The van der Waals surface area contributed by atoms with Crippen LogP contribution in [0.1, 0.15) is 44.5 Å². The molecular formula is C20H32ClN3O3. The zero-order chi connectivity index (χ0) is 19.1. The predicted molar refractivity (Wildman–Crippen MR) is 110 cm³/mol. The van der Waals surface area contributed by atoms with Gasteiger partial charge in [-0.25, -0.2) is 0 Å². The standard InChI is InChI=1S/C20H31N3O3.ClH/c1-5-26-16-8-6-15(7-9-16)19(24)23-18(13(2)3)20(25)22-17-12-21-11-10-14(17)4;/h6-9,13-14,17-18,21H,5,10-12H2,1-4H3,(H,22,25)(H,23,24);1H. The van der Waals surface area contributed by atoms with E-state index in [1.54, 1.807) is 24.3 Å². The minimum Gasteiger partial charge on any atom is -0.494 e. The van der Waals surface area contributed by atoms with Gasteiger partial charge in [-0.05, 0) is 56.0 Å². The highest BCUT2D eigenvalue weighted by atomic mass is 35.5. The summed E-state index contributed by atoms with van der Waals surface area (Å²) in [5.74, 6) is 0.765. The second-order valence-corrected chi connectivity index (χ2v) is 7.24. The maximum atomic E-state index is 12.7. The van der Waals surface area contributed by atoms with Crippen LogP contribution in [-0.2, 0) is 4.79 Å². The summed E-state index contributed by atoms with van der Waals surface area (Å²) < 4.78 is 5.39. The Balaban J connectivity index is 0.00000364. The molecule has 7 heteroatoms. The normalized spacial score (nSPS) is 20.3. The summed E-state index contributed by atoms with van der Waals surface area (Å²) >= 11 is 0. The monoisotopic (exact) mass is 397 g/mol. The van der Waals surface area contributed by atoms with Crippen molar-refractivity contribution in [2.45, 2.75) is 46.2 Å². The molecule has 3 N–H and O–H groups in total. The highest BCUT2D eigenvalue weighted by molar-refractivity contribution is 5.97. The summed E-state index contributed by atoms with van der Waals surface area (Å²) in [5.41, 5.74) is 0.514. The van der Waals surface area contributed by atoms with Gasteiger partial charge in [0.25, 0.3) is 5.91 Å². The lowest BCUT2D eigenvalue weighted by Gasteiger charge is -2.32. The van der Waals surface area contributed by atoms with E-state index >= 15 is 0 Å². The van der Waals surface area contributed by atoms with Crippen LogP contribution in [-0.4, -0.2) is 43.6 Å². The molecule has 1 heterocycles. The van der Waals surface area contributed by atoms with Crippen molar-refractivity contribution in [3.8, 4) is 5.75 Å². The molecule has 2 rings (SSSR count). The number of piperidine rings is 1. The fraction of sp³-hybridized carbons (Fsp3) is 0.600. The molecule has 0 bridgehead atoms. The molecule has 1 fully saturated rings. The molecule has 27 heavy (non-hydrogen) atoms. The van der Waals surface area contributed by atoms with Gasteiger partial charge in [-0.3, -0.25) is 9.59 Å². The minimum absolute atomic E-state index is 0. The van der Waals surface area contributed by atoms with E-state index in [2.05, 4.69) is 22.9 Å². The number of hydrogen-bond donors (Lipinski definition) is 3. The van der Waals surface area contributed by atoms with E-state index in [1.165, 1.54) is 0 Å². The van der Waals surface area contributed by atoms with Gasteiger partial charge in [0.05, 0.1) is 6.61 Å². The molecule has 1 aliphatic rings. The second kappa shape index (κ2) is 11.1. The van der Waals surface area contributed by atoms with Crippen LogP contribution in [0.5, 0.6) is 5.75 Å². The van der Waals surface area contributed by atoms with Gasteiger partial charge in [0.2, 0.25) is 5.91 Å². The van der Waals surface area contributed by atoms with E-state index in [0.29, 0.717) is 18.1 Å². The van der Waals surface area contributed by atoms with Gasteiger partial charge in [0.15, 0.2) is 0 Å². The van der Waals surface area contributed by atoms with Gasteiger partial charge in [0, 0.05) is 18.2 Å². The van der Waals surface area contributed by atoms with Crippen LogP contribution in [0.4, 0.5) is 0 Å². The average molecular weight is 398 g/mol. The highest BCUT2D eigenvalue weighted by Crippen LogP contribution is 2.14. The van der Waals surface area contributed by atoms with Gasteiger partial charge in [-0.2, -0.15) is 0 Å². The van der Waals surface area contributed by atoms with E-state index in [4.69, 9.17) is 4.74 Å². The zero-order valence-electron chi connectivity index (χ0n) is 16.6. The molecular weight excluding hydrogens is 366 g/mol. The maximum Gasteiger partial charge on any atom is 0.251 e. The van der Waals surface area contributed by atoms with E-state index < -0.39 is 6.04 Å². The molecule has 1 aromatic carbocycles. The van der Waals surface area contributed by atoms with Crippen molar-refractivity contribution in [2.75, 3.05) is 19.7 Å². The van der Waals surface area contributed by atoms with Crippen molar-refractivity contribution >= 4 is 24.2 Å². The first-order valence-electron chi connectivity index (χ1n) is 9.47. The Morgan fingerprint density at radius 2 is 1.93 bits per heavy atom. The number of benzene rings is 1. The fourth-order valence-corrected chi connectivity index (χ4v) is 3.08. The number of carbonyl (C=O) groups excluding carboxylic acids is 2. The number of hydrogen-bond acceptors (Lipinski definition) is 4. The van der Waals surface area contributed by atoms with Crippen LogP contribution in [0.25, 0.3) is 0 Å². The molecule has 1 aromatic rings. The fourth-order valence-electron chi connectivity index (χ4n) is 3.08. The summed E-state index contributed by atoms with van der Waals surface area (Å²) in [7, 11) is 0. The molecule has 0 saturated carbocycles. The number of ether oxygens (including phenoxy) is 1. The second-order valence-electron chi connectivity index (χ2n) is 7.24. The first kappa shape index (κ1) is 23.2. The molecule has 1 saturated heterocycles. The number of carbonyl (C=O) groups is 2. The third-order valence-electron chi connectivity index (χ3n) is 4.82. The van der Waals surface area contributed by atoms with Gasteiger partial charge < -0.3 is 20.7 Å².